The van der Waals surface area contributed by atoms with Crippen LogP contribution in [0, 0.1) is 0 Å². The number of carbonyl (C=O) groups excluding carboxylic acids is 2. The molecule has 0 aromatic rings. The molecule has 94 valence electrons. The molecule has 0 radical (unpaired) electrons. The average Bonchev–Trinajstić information content (AvgIpc) is 2.21. The van der Waals surface area contributed by atoms with Crippen molar-refractivity contribution in [3.05, 3.63) is 0 Å². The highest BCUT2D eigenvalue weighted by Crippen LogP contribution is 2.15. The van der Waals surface area contributed by atoms with Crippen molar-refractivity contribution >= 4 is 57.0 Å². The van der Waals surface area contributed by atoms with Crippen LogP contribution in [0.5, 0.6) is 0 Å². The topological polar surface area (TPSA) is 86.2 Å². The van der Waals surface area contributed by atoms with E-state index >= 15 is 0 Å². The van der Waals surface area contributed by atoms with Crippen LogP contribution in [0.15, 0.2) is 0 Å². The predicted octanol–water partition coefficient (Wildman–Crippen LogP) is 1.90. The van der Waals surface area contributed by atoms with E-state index in [2.05, 4.69) is 45.2 Å². The Balaban J connectivity index is 3.34. The van der Waals surface area contributed by atoms with E-state index in [1.54, 1.807) is 0 Å². The second-order valence-corrected chi connectivity index (χ2v) is 6.74. The number of halogens is 2. The van der Waals surface area contributed by atoms with Gasteiger partial charge >= 0.3 is 0 Å². The van der Waals surface area contributed by atoms with Crippen LogP contribution in [0.2, 0.25) is 0 Å². The fourth-order valence-electron chi connectivity index (χ4n) is 1.29. The molecule has 0 aliphatic carbocycles. The van der Waals surface area contributed by atoms with Crippen LogP contribution >= 0.6 is 45.2 Å². The van der Waals surface area contributed by atoms with Crippen molar-refractivity contribution < 1.29 is 9.59 Å². The number of alkyl halides is 2. The molecule has 2 unspecified atom stereocenters. The molecule has 0 aliphatic heterocycles. The molecule has 6 heteroatoms. The molecule has 0 aromatic heterocycles. The van der Waals surface area contributed by atoms with Crippen LogP contribution in [-0.4, -0.2) is 19.7 Å². The predicted molar refractivity (Wildman–Crippen MR) is 81.7 cm³/mol. The maximum absolute atomic E-state index is 10.7. The first kappa shape index (κ1) is 16.4. The molecular weight excluding hydrogens is 434 g/mol. The number of primary amides is 2. The first-order chi connectivity index (χ1) is 7.45. The number of hydrogen-bond acceptors (Lipinski definition) is 2. The third kappa shape index (κ3) is 8.54. The monoisotopic (exact) mass is 452 g/mol. The summed E-state index contributed by atoms with van der Waals surface area (Å²) in [5.41, 5.74) is 10.3. The van der Waals surface area contributed by atoms with Gasteiger partial charge in [0.2, 0.25) is 11.8 Å². The van der Waals surface area contributed by atoms with Gasteiger partial charge in [-0.3, -0.25) is 9.59 Å². The highest BCUT2D eigenvalue weighted by Gasteiger charge is 2.11. The van der Waals surface area contributed by atoms with Gasteiger partial charge in [-0.25, -0.2) is 0 Å². The normalized spacial score (nSPS) is 14.4. The fraction of sp³-hybridized carbons (Fsp3) is 0.800. The molecular formula is C10H18I2N2O2. The van der Waals surface area contributed by atoms with Crippen LogP contribution in [0.4, 0.5) is 0 Å². The Bertz CT molecular complexity index is 213. The second kappa shape index (κ2) is 9.43. The summed E-state index contributed by atoms with van der Waals surface area (Å²) in [5.74, 6) is -0.469. The van der Waals surface area contributed by atoms with Gasteiger partial charge in [0.15, 0.2) is 0 Å². The lowest BCUT2D eigenvalue weighted by Gasteiger charge is -2.06. The van der Waals surface area contributed by atoms with Crippen molar-refractivity contribution in [1.29, 1.82) is 0 Å². The van der Waals surface area contributed by atoms with E-state index in [0.29, 0.717) is 0 Å². The molecule has 0 rings (SSSR count). The average molecular weight is 452 g/mol. The molecule has 0 bridgehead atoms. The summed E-state index contributed by atoms with van der Waals surface area (Å²) >= 11 is 4.15. The van der Waals surface area contributed by atoms with Gasteiger partial charge in [-0.2, -0.15) is 0 Å². The molecule has 16 heavy (non-hydrogen) atoms. The molecule has 0 aromatic carbocycles. The van der Waals surface area contributed by atoms with Crippen molar-refractivity contribution in [3.63, 3.8) is 0 Å². The lowest BCUT2D eigenvalue weighted by Crippen LogP contribution is -2.23. The van der Waals surface area contributed by atoms with Gasteiger partial charge in [-0.05, 0) is 12.8 Å². The summed E-state index contributed by atoms with van der Waals surface area (Å²) < 4.78 is -0.110. The molecule has 2 atom stereocenters. The molecule has 0 spiro atoms. The lowest BCUT2D eigenvalue weighted by molar-refractivity contribution is -0.118. The van der Waals surface area contributed by atoms with Crippen molar-refractivity contribution in [2.45, 2.75) is 46.4 Å². The molecule has 0 saturated heterocycles. The maximum atomic E-state index is 10.7. The van der Waals surface area contributed by atoms with Crippen LogP contribution in [0.25, 0.3) is 0 Å². The standard InChI is InChI=1S/C10H18I2N2O2/c11-7(9(13)15)5-3-1-2-4-6-8(12)10(14)16/h7-8H,1-6H2,(H2,13,15)(H2,14,16). The summed E-state index contributed by atoms with van der Waals surface area (Å²) in [6.07, 6.45) is 5.88. The second-order valence-electron chi connectivity index (χ2n) is 3.73. The molecule has 0 aliphatic rings. The Labute approximate surface area is 124 Å². The molecule has 4 nitrogen and oxygen atoms in total. The number of nitrogens with two attached hydrogens (primary N) is 2. The summed E-state index contributed by atoms with van der Waals surface area (Å²) in [6, 6.07) is 0. The maximum Gasteiger partial charge on any atom is 0.230 e. The summed E-state index contributed by atoms with van der Waals surface area (Å²) in [5, 5.41) is 0. The van der Waals surface area contributed by atoms with Crippen molar-refractivity contribution in [2.24, 2.45) is 11.5 Å². The Morgan fingerprint density at radius 2 is 1.12 bits per heavy atom. The van der Waals surface area contributed by atoms with Crippen molar-refractivity contribution in [3.8, 4) is 0 Å². The van der Waals surface area contributed by atoms with E-state index in [9.17, 15) is 9.59 Å². The Morgan fingerprint density at radius 1 is 0.812 bits per heavy atom. The summed E-state index contributed by atoms with van der Waals surface area (Å²) in [4.78, 5) is 21.5. The zero-order valence-electron chi connectivity index (χ0n) is 9.12. The van der Waals surface area contributed by atoms with Crippen molar-refractivity contribution in [1.82, 2.24) is 0 Å². The zero-order chi connectivity index (χ0) is 12.6. The van der Waals surface area contributed by atoms with Gasteiger partial charge in [-0.15, -0.1) is 0 Å². The molecule has 2 amide bonds. The molecule has 0 fully saturated rings. The molecule has 0 heterocycles. The Hall–Kier alpha value is 0.400. The van der Waals surface area contributed by atoms with Crippen LogP contribution in [-0.2, 0) is 9.59 Å². The first-order valence-corrected chi connectivity index (χ1v) is 7.81. The number of unbranched alkanes of at least 4 members (excludes halogenated alkanes) is 3. The SMILES string of the molecule is NC(=O)C(I)CCCCCCC(I)C(N)=O. The number of hydrogen-bond donors (Lipinski definition) is 2. The first-order valence-electron chi connectivity index (χ1n) is 5.32. The minimum Gasteiger partial charge on any atom is -0.369 e. The molecule has 0 saturated carbocycles. The van der Waals surface area contributed by atoms with E-state index in [0.717, 1.165) is 38.5 Å². The minimum atomic E-state index is -0.235. The highest BCUT2D eigenvalue weighted by atomic mass is 127. The Morgan fingerprint density at radius 3 is 1.38 bits per heavy atom. The summed E-state index contributed by atoms with van der Waals surface area (Å²) in [6.45, 7) is 0. The van der Waals surface area contributed by atoms with Crippen LogP contribution < -0.4 is 11.5 Å². The smallest absolute Gasteiger partial charge is 0.230 e. The van der Waals surface area contributed by atoms with Gasteiger partial charge in [-0.1, -0.05) is 70.9 Å². The van der Waals surface area contributed by atoms with E-state index in [1.165, 1.54) is 0 Å². The third-order valence-corrected chi connectivity index (χ3v) is 4.76. The largest absolute Gasteiger partial charge is 0.369 e. The minimum absolute atomic E-state index is 0.0551. The van der Waals surface area contributed by atoms with E-state index in [1.807, 2.05) is 0 Å². The lowest BCUT2D eigenvalue weighted by atomic mass is 10.1. The number of rotatable bonds is 9. The van der Waals surface area contributed by atoms with E-state index in [-0.39, 0.29) is 19.7 Å². The third-order valence-electron chi connectivity index (χ3n) is 2.28. The van der Waals surface area contributed by atoms with Crippen LogP contribution in [0.1, 0.15) is 38.5 Å². The van der Waals surface area contributed by atoms with Gasteiger partial charge in [0, 0.05) is 0 Å². The van der Waals surface area contributed by atoms with E-state index in [4.69, 9.17) is 11.5 Å². The van der Waals surface area contributed by atoms with Gasteiger partial charge in [0.25, 0.3) is 0 Å². The summed E-state index contributed by atoms with van der Waals surface area (Å²) in [7, 11) is 0. The molecule has 4 N–H and O–H groups in total. The number of amides is 2. The van der Waals surface area contributed by atoms with E-state index < -0.39 is 0 Å². The van der Waals surface area contributed by atoms with Gasteiger partial charge < -0.3 is 11.5 Å². The van der Waals surface area contributed by atoms with Gasteiger partial charge in [0.05, 0.1) is 7.85 Å². The highest BCUT2D eigenvalue weighted by molar-refractivity contribution is 14.1. The quantitative estimate of drug-likeness (QED) is 0.318. The Kier molecular flexibility index (Phi) is 9.67. The zero-order valence-corrected chi connectivity index (χ0v) is 13.4. The van der Waals surface area contributed by atoms with Gasteiger partial charge in [0.1, 0.15) is 0 Å². The van der Waals surface area contributed by atoms with Crippen LogP contribution in [0.3, 0.4) is 0 Å². The number of carbonyl (C=O) groups is 2. The fourth-order valence-corrected chi connectivity index (χ4v) is 2.17. The van der Waals surface area contributed by atoms with Crippen molar-refractivity contribution in [2.75, 3.05) is 0 Å².